The first-order valence-electron chi connectivity index (χ1n) is 8.99. The van der Waals surface area contributed by atoms with Crippen LogP contribution >= 0.6 is 34.3 Å². The molecule has 29 heavy (non-hydrogen) atoms. The van der Waals surface area contributed by atoms with Gasteiger partial charge in [-0.3, -0.25) is 9.36 Å². The quantitative estimate of drug-likeness (QED) is 0.578. The van der Waals surface area contributed by atoms with Gasteiger partial charge in [0.2, 0.25) is 0 Å². The molecule has 8 heteroatoms. The van der Waals surface area contributed by atoms with Crippen molar-refractivity contribution in [1.82, 2.24) is 4.57 Å². The van der Waals surface area contributed by atoms with Crippen molar-refractivity contribution < 1.29 is 9.53 Å². The third-order valence-electron chi connectivity index (χ3n) is 4.52. The van der Waals surface area contributed by atoms with Crippen LogP contribution in [0.25, 0.3) is 6.08 Å². The topological polar surface area (TPSA) is 60.7 Å². The SMILES string of the molecule is CCOC(=O)C1=C(C)N=c2s/c(=C/c3ccccc3Cl)c(=O)n2[C@H]1c1cccs1. The molecule has 4 rings (SSSR count). The molecular formula is C21H17ClN2O3S2. The van der Waals surface area contributed by atoms with Gasteiger partial charge in [-0.05, 0) is 43.0 Å². The number of esters is 1. The highest BCUT2D eigenvalue weighted by molar-refractivity contribution is 7.10. The molecule has 5 nitrogen and oxygen atoms in total. The number of thiazole rings is 1. The molecule has 1 atom stereocenters. The summed E-state index contributed by atoms with van der Waals surface area (Å²) >= 11 is 9.03. The van der Waals surface area contributed by atoms with Crippen molar-refractivity contribution in [3.05, 3.63) is 88.2 Å². The number of ether oxygens (including phenoxy) is 1. The van der Waals surface area contributed by atoms with Gasteiger partial charge in [0.25, 0.3) is 5.56 Å². The fourth-order valence-electron chi connectivity index (χ4n) is 3.24. The maximum absolute atomic E-state index is 13.3. The molecule has 0 spiro atoms. The molecule has 2 aromatic heterocycles. The molecule has 0 amide bonds. The van der Waals surface area contributed by atoms with E-state index in [0.717, 1.165) is 10.4 Å². The molecule has 0 bridgehead atoms. The summed E-state index contributed by atoms with van der Waals surface area (Å²) in [5.41, 5.74) is 1.51. The largest absolute Gasteiger partial charge is 0.463 e. The Labute approximate surface area is 179 Å². The molecule has 1 aromatic carbocycles. The number of aromatic nitrogens is 1. The Morgan fingerprint density at radius 2 is 2.10 bits per heavy atom. The zero-order valence-electron chi connectivity index (χ0n) is 15.7. The van der Waals surface area contributed by atoms with Gasteiger partial charge in [-0.2, -0.15) is 0 Å². The van der Waals surface area contributed by atoms with E-state index >= 15 is 0 Å². The highest BCUT2D eigenvalue weighted by Gasteiger charge is 2.33. The van der Waals surface area contributed by atoms with Crippen molar-refractivity contribution in [2.75, 3.05) is 6.61 Å². The number of hydrogen-bond acceptors (Lipinski definition) is 6. The van der Waals surface area contributed by atoms with E-state index in [-0.39, 0.29) is 12.2 Å². The number of thiophene rings is 1. The predicted molar refractivity (Wildman–Crippen MR) is 116 cm³/mol. The van der Waals surface area contributed by atoms with Crippen LogP contribution in [0.4, 0.5) is 0 Å². The van der Waals surface area contributed by atoms with Crippen LogP contribution in [0.15, 0.2) is 62.8 Å². The van der Waals surface area contributed by atoms with Gasteiger partial charge in [0, 0.05) is 9.90 Å². The summed E-state index contributed by atoms with van der Waals surface area (Å²) in [5.74, 6) is -0.451. The van der Waals surface area contributed by atoms with Gasteiger partial charge >= 0.3 is 5.97 Å². The summed E-state index contributed by atoms with van der Waals surface area (Å²) in [6.07, 6.45) is 1.76. The lowest BCUT2D eigenvalue weighted by molar-refractivity contribution is -0.139. The predicted octanol–water partition coefficient (Wildman–Crippen LogP) is 3.51. The number of carbonyl (C=O) groups excluding carboxylic acids is 1. The first-order valence-corrected chi connectivity index (χ1v) is 11.1. The van der Waals surface area contributed by atoms with Crippen LogP contribution in [-0.4, -0.2) is 17.1 Å². The minimum atomic E-state index is -0.557. The maximum atomic E-state index is 13.3. The van der Waals surface area contributed by atoms with Crippen LogP contribution in [0.5, 0.6) is 0 Å². The monoisotopic (exact) mass is 444 g/mol. The third-order valence-corrected chi connectivity index (χ3v) is 6.77. The molecule has 0 saturated heterocycles. The minimum absolute atomic E-state index is 0.207. The Kier molecular flexibility index (Phi) is 5.54. The van der Waals surface area contributed by atoms with Gasteiger partial charge in [0.15, 0.2) is 4.80 Å². The van der Waals surface area contributed by atoms with E-state index < -0.39 is 12.0 Å². The van der Waals surface area contributed by atoms with E-state index in [0.29, 0.717) is 25.6 Å². The number of benzene rings is 1. The molecule has 0 unspecified atom stereocenters. The van der Waals surface area contributed by atoms with E-state index in [9.17, 15) is 9.59 Å². The molecule has 148 valence electrons. The molecule has 3 aromatic rings. The first-order chi connectivity index (χ1) is 14.0. The fourth-order valence-corrected chi connectivity index (χ4v) is 5.29. The number of hydrogen-bond donors (Lipinski definition) is 0. The number of carbonyl (C=O) groups is 1. The van der Waals surface area contributed by atoms with Crippen molar-refractivity contribution in [3.8, 4) is 0 Å². The van der Waals surface area contributed by atoms with Gasteiger partial charge in [-0.15, -0.1) is 11.3 Å². The van der Waals surface area contributed by atoms with Crippen LogP contribution in [0.1, 0.15) is 30.3 Å². The summed E-state index contributed by atoms with van der Waals surface area (Å²) in [4.78, 5) is 32.0. The van der Waals surface area contributed by atoms with Crippen LogP contribution < -0.4 is 14.9 Å². The number of halogens is 1. The minimum Gasteiger partial charge on any atom is -0.463 e. The van der Waals surface area contributed by atoms with E-state index in [1.807, 2.05) is 35.7 Å². The van der Waals surface area contributed by atoms with Gasteiger partial charge in [-0.1, -0.05) is 47.2 Å². The smallest absolute Gasteiger partial charge is 0.338 e. The van der Waals surface area contributed by atoms with Crippen molar-refractivity contribution in [3.63, 3.8) is 0 Å². The summed E-state index contributed by atoms with van der Waals surface area (Å²) in [7, 11) is 0. The molecule has 0 aliphatic carbocycles. The van der Waals surface area contributed by atoms with Crippen LogP contribution in [0.2, 0.25) is 5.02 Å². The zero-order chi connectivity index (χ0) is 20.5. The van der Waals surface area contributed by atoms with Gasteiger partial charge in [0.1, 0.15) is 6.04 Å². The highest BCUT2D eigenvalue weighted by Crippen LogP contribution is 2.33. The fraction of sp³-hybridized carbons (Fsp3) is 0.190. The molecule has 1 aliphatic heterocycles. The lowest BCUT2D eigenvalue weighted by Crippen LogP contribution is -2.39. The lowest BCUT2D eigenvalue weighted by atomic mass is 10.0. The van der Waals surface area contributed by atoms with Crippen LogP contribution in [0.3, 0.4) is 0 Å². The average Bonchev–Trinajstić information content (AvgIpc) is 3.32. The van der Waals surface area contributed by atoms with E-state index in [1.54, 1.807) is 30.6 Å². The number of allylic oxidation sites excluding steroid dienone is 1. The molecule has 0 fully saturated rings. The highest BCUT2D eigenvalue weighted by atomic mass is 35.5. The molecule has 1 aliphatic rings. The van der Waals surface area contributed by atoms with Gasteiger partial charge in [-0.25, -0.2) is 9.79 Å². The number of fused-ring (bicyclic) bond motifs is 1. The molecule has 0 saturated carbocycles. The van der Waals surface area contributed by atoms with E-state index in [2.05, 4.69) is 4.99 Å². The molecular weight excluding hydrogens is 428 g/mol. The Bertz CT molecular complexity index is 1290. The van der Waals surface area contributed by atoms with Crippen LogP contribution in [-0.2, 0) is 9.53 Å². The van der Waals surface area contributed by atoms with Crippen LogP contribution in [0, 0.1) is 0 Å². The third kappa shape index (κ3) is 3.61. The van der Waals surface area contributed by atoms with Crippen molar-refractivity contribution >= 4 is 46.3 Å². The Hall–Kier alpha value is -2.48. The number of rotatable bonds is 4. The van der Waals surface area contributed by atoms with E-state index in [1.165, 1.54) is 22.7 Å². The van der Waals surface area contributed by atoms with Crippen molar-refractivity contribution in [2.24, 2.45) is 4.99 Å². The summed E-state index contributed by atoms with van der Waals surface area (Å²) in [6.45, 7) is 3.79. The number of nitrogens with zero attached hydrogens (tertiary/aromatic N) is 2. The summed E-state index contributed by atoms with van der Waals surface area (Å²) < 4.78 is 7.36. The molecule has 3 heterocycles. The maximum Gasteiger partial charge on any atom is 0.338 e. The Morgan fingerprint density at radius 3 is 2.79 bits per heavy atom. The molecule has 0 N–H and O–H groups in total. The Morgan fingerprint density at radius 1 is 1.31 bits per heavy atom. The standard InChI is InChI=1S/C21H17ClN2O3S2/c1-3-27-20(26)17-12(2)23-21-24(18(17)15-9-6-10-28-15)19(25)16(29-21)11-13-7-4-5-8-14(13)22/h4-11,18H,3H2,1-2H3/b16-11+/t18-/m0/s1. The average molecular weight is 445 g/mol. The lowest BCUT2D eigenvalue weighted by Gasteiger charge is -2.23. The summed E-state index contributed by atoms with van der Waals surface area (Å²) in [6, 6.07) is 10.6. The zero-order valence-corrected chi connectivity index (χ0v) is 18.1. The second-order valence-corrected chi connectivity index (χ2v) is 8.73. The Balaban J connectivity index is 1.96. The van der Waals surface area contributed by atoms with Gasteiger partial charge in [0.05, 0.1) is 22.4 Å². The first kappa shape index (κ1) is 19.8. The second-order valence-electron chi connectivity index (χ2n) is 6.34. The summed E-state index contributed by atoms with van der Waals surface area (Å²) in [5, 5.41) is 2.49. The van der Waals surface area contributed by atoms with Crippen molar-refractivity contribution in [2.45, 2.75) is 19.9 Å². The van der Waals surface area contributed by atoms with E-state index in [4.69, 9.17) is 16.3 Å². The van der Waals surface area contributed by atoms with Crippen molar-refractivity contribution in [1.29, 1.82) is 0 Å². The second kappa shape index (κ2) is 8.10. The molecule has 0 radical (unpaired) electrons. The van der Waals surface area contributed by atoms with Gasteiger partial charge < -0.3 is 4.74 Å². The normalized spacial score (nSPS) is 16.5.